The maximum atomic E-state index is 3.63. The van der Waals surface area contributed by atoms with Crippen molar-refractivity contribution < 1.29 is 0 Å². The molecular formula is C14H8Br2S. The van der Waals surface area contributed by atoms with E-state index in [0.29, 0.717) is 0 Å². The van der Waals surface area contributed by atoms with E-state index in [0.717, 1.165) is 3.79 Å². The minimum absolute atomic E-state index is 1.15. The molecule has 0 N–H and O–H groups in total. The number of benzene rings is 2. The predicted molar refractivity (Wildman–Crippen MR) is 82.7 cm³/mol. The first-order chi connectivity index (χ1) is 8.25. The van der Waals surface area contributed by atoms with Crippen molar-refractivity contribution in [1.29, 1.82) is 0 Å². The molecule has 0 unspecified atom stereocenters. The van der Waals surface area contributed by atoms with E-state index in [4.69, 9.17) is 0 Å². The summed E-state index contributed by atoms with van der Waals surface area (Å²) in [6.45, 7) is 0. The largest absolute Gasteiger partial charge is 0.121 e. The molecule has 0 aliphatic heterocycles. The average Bonchev–Trinajstić information content (AvgIpc) is 2.68. The van der Waals surface area contributed by atoms with Crippen LogP contribution in [-0.2, 0) is 0 Å². The van der Waals surface area contributed by atoms with Crippen LogP contribution in [0.5, 0.6) is 0 Å². The minimum Gasteiger partial charge on any atom is -0.121 e. The zero-order valence-electron chi connectivity index (χ0n) is 8.78. The van der Waals surface area contributed by atoms with Crippen LogP contribution in [0.3, 0.4) is 0 Å². The van der Waals surface area contributed by atoms with Crippen LogP contribution < -0.4 is 0 Å². The van der Waals surface area contributed by atoms with Crippen LogP contribution in [0.15, 0.2) is 56.1 Å². The summed E-state index contributed by atoms with van der Waals surface area (Å²) in [5.41, 5.74) is 2.52. The second kappa shape index (κ2) is 4.56. The Morgan fingerprint density at radius 3 is 2.35 bits per heavy atom. The van der Waals surface area contributed by atoms with Gasteiger partial charge in [0, 0.05) is 5.56 Å². The van der Waals surface area contributed by atoms with Crippen molar-refractivity contribution in [2.75, 3.05) is 0 Å². The van der Waals surface area contributed by atoms with E-state index in [1.165, 1.54) is 25.7 Å². The summed E-state index contributed by atoms with van der Waals surface area (Å²) in [5.74, 6) is 0. The van der Waals surface area contributed by atoms with E-state index in [1.807, 2.05) is 0 Å². The zero-order chi connectivity index (χ0) is 11.8. The lowest BCUT2D eigenvalue weighted by molar-refractivity contribution is 1.70. The summed E-state index contributed by atoms with van der Waals surface area (Å²) in [6, 6.07) is 17.1. The van der Waals surface area contributed by atoms with Gasteiger partial charge in [0.05, 0.1) is 7.57 Å². The quantitative estimate of drug-likeness (QED) is 0.487. The molecule has 1 aromatic heterocycles. The van der Waals surface area contributed by atoms with E-state index in [9.17, 15) is 0 Å². The van der Waals surface area contributed by atoms with Gasteiger partial charge in [0.15, 0.2) is 0 Å². The van der Waals surface area contributed by atoms with E-state index < -0.39 is 0 Å². The fourth-order valence-electron chi connectivity index (χ4n) is 1.98. The van der Waals surface area contributed by atoms with Crippen LogP contribution in [-0.4, -0.2) is 0 Å². The molecule has 0 spiro atoms. The monoisotopic (exact) mass is 366 g/mol. The van der Waals surface area contributed by atoms with Crippen LogP contribution in [0.25, 0.3) is 21.9 Å². The van der Waals surface area contributed by atoms with E-state index in [2.05, 4.69) is 80.4 Å². The second-order valence-electron chi connectivity index (χ2n) is 3.76. The first-order valence-corrected chi connectivity index (χ1v) is 7.59. The fraction of sp³-hybridized carbons (Fsp3) is 0. The molecule has 0 fully saturated rings. The maximum Gasteiger partial charge on any atom is 0.0789 e. The molecular weight excluding hydrogens is 360 g/mol. The van der Waals surface area contributed by atoms with Crippen LogP contribution in [0.4, 0.5) is 0 Å². The molecule has 1 heterocycles. The summed E-state index contributed by atoms with van der Waals surface area (Å²) in [7, 11) is 0. The first-order valence-electron chi connectivity index (χ1n) is 5.18. The van der Waals surface area contributed by atoms with Crippen LogP contribution >= 0.6 is 43.2 Å². The normalized spacial score (nSPS) is 10.9. The first kappa shape index (κ1) is 11.5. The van der Waals surface area contributed by atoms with Gasteiger partial charge in [-0.15, -0.1) is 11.3 Å². The van der Waals surface area contributed by atoms with Gasteiger partial charge in [-0.3, -0.25) is 0 Å². The van der Waals surface area contributed by atoms with Gasteiger partial charge in [-0.1, -0.05) is 42.5 Å². The zero-order valence-corrected chi connectivity index (χ0v) is 12.8. The number of fused-ring (bicyclic) bond motifs is 1. The molecule has 0 aliphatic carbocycles. The highest BCUT2D eigenvalue weighted by Gasteiger charge is 2.10. The van der Waals surface area contributed by atoms with Crippen molar-refractivity contribution in [3.05, 3.63) is 56.1 Å². The Morgan fingerprint density at radius 2 is 1.59 bits per heavy atom. The summed E-state index contributed by atoms with van der Waals surface area (Å²) >= 11 is 8.87. The molecule has 0 saturated heterocycles. The number of thiophene rings is 1. The third-order valence-corrected chi connectivity index (χ3v) is 5.08. The SMILES string of the molecule is Brc1cc(-c2cccc3ccccc23)c(Br)s1. The van der Waals surface area contributed by atoms with Crippen LogP contribution in [0.2, 0.25) is 0 Å². The van der Waals surface area contributed by atoms with Gasteiger partial charge < -0.3 is 0 Å². The number of halogens is 2. The van der Waals surface area contributed by atoms with Gasteiger partial charge in [-0.2, -0.15) is 0 Å². The molecule has 3 aromatic rings. The fourth-order valence-corrected chi connectivity index (χ4v) is 4.83. The molecule has 2 aromatic carbocycles. The summed E-state index contributed by atoms with van der Waals surface area (Å²) < 4.78 is 2.31. The van der Waals surface area contributed by atoms with E-state index >= 15 is 0 Å². The van der Waals surface area contributed by atoms with Crippen molar-refractivity contribution in [2.24, 2.45) is 0 Å². The van der Waals surface area contributed by atoms with Crippen molar-refractivity contribution >= 4 is 54.0 Å². The van der Waals surface area contributed by atoms with Crippen molar-refractivity contribution in [1.82, 2.24) is 0 Å². The molecule has 0 radical (unpaired) electrons. The Morgan fingerprint density at radius 1 is 0.824 bits per heavy atom. The standard InChI is InChI=1S/C14H8Br2S/c15-13-8-12(14(16)17-13)11-7-3-5-9-4-1-2-6-10(9)11/h1-8H. The van der Waals surface area contributed by atoms with Crippen molar-refractivity contribution in [2.45, 2.75) is 0 Å². The topological polar surface area (TPSA) is 0 Å². The Kier molecular flexibility index (Phi) is 3.07. The Hall–Kier alpha value is -0.640. The third kappa shape index (κ3) is 2.07. The average molecular weight is 368 g/mol. The summed E-state index contributed by atoms with van der Waals surface area (Å²) in [5, 5.41) is 2.57. The summed E-state index contributed by atoms with van der Waals surface area (Å²) in [6.07, 6.45) is 0. The van der Waals surface area contributed by atoms with Gasteiger partial charge >= 0.3 is 0 Å². The number of hydrogen-bond acceptors (Lipinski definition) is 1. The molecule has 0 atom stereocenters. The van der Waals surface area contributed by atoms with Crippen LogP contribution in [0.1, 0.15) is 0 Å². The second-order valence-corrected chi connectivity index (χ2v) is 7.51. The van der Waals surface area contributed by atoms with Gasteiger partial charge in [0.2, 0.25) is 0 Å². The molecule has 0 amide bonds. The summed E-state index contributed by atoms with van der Waals surface area (Å²) in [4.78, 5) is 0. The van der Waals surface area contributed by atoms with Gasteiger partial charge in [0.25, 0.3) is 0 Å². The van der Waals surface area contributed by atoms with E-state index in [1.54, 1.807) is 11.3 Å². The molecule has 84 valence electrons. The van der Waals surface area contributed by atoms with Gasteiger partial charge in [-0.05, 0) is 54.3 Å². The lowest BCUT2D eigenvalue weighted by atomic mass is 10.0. The van der Waals surface area contributed by atoms with Crippen LogP contribution in [0, 0.1) is 0 Å². The highest BCUT2D eigenvalue weighted by Crippen LogP contribution is 2.40. The van der Waals surface area contributed by atoms with Crippen molar-refractivity contribution in [3.8, 4) is 11.1 Å². The molecule has 0 nitrogen and oxygen atoms in total. The van der Waals surface area contributed by atoms with E-state index in [-0.39, 0.29) is 0 Å². The highest BCUT2D eigenvalue weighted by atomic mass is 79.9. The Bertz CT molecular complexity index is 680. The molecule has 0 saturated carbocycles. The van der Waals surface area contributed by atoms with Crippen molar-refractivity contribution in [3.63, 3.8) is 0 Å². The molecule has 0 bridgehead atoms. The molecule has 3 rings (SSSR count). The lowest BCUT2D eigenvalue weighted by Gasteiger charge is -2.05. The smallest absolute Gasteiger partial charge is 0.0789 e. The van der Waals surface area contributed by atoms with Gasteiger partial charge in [-0.25, -0.2) is 0 Å². The molecule has 17 heavy (non-hydrogen) atoms. The highest BCUT2D eigenvalue weighted by molar-refractivity contribution is 9.12. The molecule has 3 heteroatoms. The Labute approximate surface area is 121 Å². The minimum atomic E-state index is 1.15. The maximum absolute atomic E-state index is 3.63. The number of rotatable bonds is 1. The lowest BCUT2D eigenvalue weighted by Crippen LogP contribution is -1.79. The Balaban J connectivity index is 2.34. The third-order valence-electron chi connectivity index (χ3n) is 2.74. The predicted octanol–water partition coefficient (Wildman–Crippen LogP) is 6.09. The molecule has 0 aliphatic rings. The van der Waals surface area contributed by atoms with Gasteiger partial charge in [0.1, 0.15) is 0 Å². The number of hydrogen-bond donors (Lipinski definition) is 0.